The Hall–Kier alpha value is -3.91. The third-order valence-electron chi connectivity index (χ3n) is 4.11. The van der Waals surface area contributed by atoms with Crippen molar-refractivity contribution in [2.45, 2.75) is 13.5 Å². The number of nitrogens with one attached hydrogen (secondary N) is 1. The van der Waals surface area contributed by atoms with E-state index in [0.717, 1.165) is 16.7 Å². The summed E-state index contributed by atoms with van der Waals surface area (Å²) in [6, 6.07) is 24.1. The summed E-state index contributed by atoms with van der Waals surface area (Å²) >= 11 is 0. The molecule has 28 heavy (non-hydrogen) atoms. The molecule has 0 atom stereocenters. The van der Waals surface area contributed by atoms with E-state index >= 15 is 0 Å². The van der Waals surface area contributed by atoms with E-state index in [1.807, 2.05) is 61.5 Å². The van der Waals surface area contributed by atoms with Crippen molar-refractivity contribution in [3.8, 4) is 11.8 Å². The summed E-state index contributed by atoms with van der Waals surface area (Å²) in [4.78, 5) is 12.1. The molecule has 3 rings (SSSR count). The fourth-order valence-corrected chi connectivity index (χ4v) is 2.60. The zero-order valence-corrected chi connectivity index (χ0v) is 15.4. The molecule has 0 unspecified atom stereocenters. The van der Waals surface area contributed by atoms with E-state index in [-0.39, 0.29) is 5.91 Å². The second kappa shape index (κ2) is 9.15. The number of hydrogen-bond donors (Lipinski definition) is 1. The summed E-state index contributed by atoms with van der Waals surface area (Å²) in [5, 5.41) is 12.9. The van der Waals surface area contributed by atoms with Crippen molar-refractivity contribution in [2.24, 2.45) is 5.10 Å². The van der Waals surface area contributed by atoms with E-state index in [1.165, 1.54) is 0 Å². The number of nitriles is 1. The normalized spacial score (nSPS) is 10.4. The average Bonchev–Trinajstić information content (AvgIpc) is 2.73. The molecule has 3 aromatic rings. The highest BCUT2D eigenvalue weighted by atomic mass is 16.5. The molecule has 0 aliphatic carbocycles. The van der Waals surface area contributed by atoms with Crippen LogP contribution in [0, 0.1) is 18.3 Å². The Labute approximate surface area is 163 Å². The molecule has 0 saturated carbocycles. The quantitative estimate of drug-likeness (QED) is 0.522. The topological polar surface area (TPSA) is 74.5 Å². The number of rotatable bonds is 6. The number of nitrogens with zero attached hydrogens (tertiary/aromatic N) is 2. The van der Waals surface area contributed by atoms with Gasteiger partial charge in [-0.2, -0.15) is 10.4 Å². The summed E-state index contributed by atoms with van der Waals surface area (Å²) in [5.41, 5.74) is 6.42. The van der Waals surface area contributed by atoms with Crippen LogP contribution in [0.5, 0.6) is 5.75 Å². The van der Waals surface area contributed by atoms with Crippen molar-refractivity contribution in [3.05, 3.63) is 101 Å². The maximum atomic E-state index is 12.1. The van der Waals surface area contributed by atoms with Gasteiger partial charge in [-0.1, -0.05) is 30.3 Å². The van der Waals surface area contributed by atoms with Crippen LogP contribution in [0.4, 0.5) is 0 Å². The lowest BCUT2D eigenvalue weighted by molar-refractivity contribution is 0.0954. The highest BCUT2D eigenvalue weighted by Gasteiger charge is 2.06. The van der Waals surface area contributed by atoms with Crippen molar-refractivity contribution in [1.29, 1.82) is 5.26 Å². The van der Waals surface area contributed by atoms with Crippen LogP contribution in [0.25, 0.3) is 0 Å². The van der Waals surface area contributed by atoms with Gasteiger partial charge in [0.05, 0.1) is 17.8 Å². The molecule has 1 N–H and O–H groups in total. The van der Waals surface area contributed by atoms with E-state index in [4.69, 9.17) is 10.00 Å². The summed E-state index contributed by atoms with van der Waals surface area (Å²) in [5.74, 6) is 0.470. The fraction of sp³-hybridized carbons (Fsp3) is 0.0870. The van der Waals surface area contributed by atoms with E-state index in [9.17, 15) is 4.79 Å². The lowest BCUT2D eigenvalue weighted by atomic mass is 10.1. The van der Waals surface area contributed by atoms with E-state index in [1.54, 1.807) is 24.4 Å². The maximum Gasteiger partial charge on any atom is 0.271 e. The second-order valence-electron chi connectivity index (χ2n) is 6.18. The van der Waals surface area contributed by atoms with Gasteiger partial charge in [0.25, 0.3) is 5.91 Å². The standard InChI is InChI=1S/C23H19N3O2/c1-17-5-2-3-8-22(17)23(27)26-25-15-18-9-11-21(12-10-18)28-16-20-7-4-6-19(13-20)14-24/h2-13,15H,16H2,1H3,(H,26,27)/b25-15-. The highest BCUT2D eigenvalue weighted by molar-refractivity contribution is 5.96. The first-order chi connectivity index (χ1) is 13.7. The SMILES string of the molecule is Cc1ccccc1C(=O)N/N=C\c1ccc(OCc2cccc(C#N)c2)cc1. The molecule has 0 radical (unpaired) electrons. The van der Waals surface area contributed by atoms with Gasteiger partial charge in [0, 0.05) is 5.56 Å². The Morgan fingerprint density at radius 2 is 1.89 bits per heavy atom. The maximum absolute atomic E-state index is 12.1. The molecule has 0 heterocycles. The number of carbonyl (C=O) groups excluding carboxylic acids is 1. The molecule has 0 fully saturated rings. The van der Waals surface area contributed by atoms with Gasteiger partial charge in [-0.05, 0) is 66.1 Å². The molecule has 3 aromatic carbocycles. The zero-order chi connectivity index (χ0) is 19.8. The second-order valence-corrected chi connectivity index (χ2v) is 6.18. The minimum absolute atomic E-state index is 0.242. The third kappa shape index (κ3) is 5.05. The fourth-order valence-electron chi connectivity index (χ4n) is 2.60. The number of benzene rings is 3. The van der Waals surface area contributed by atoms with Crippen LogP contribution in [-0.2, 0) is 6.61 Å². The predicted octanol–water partition coefficient (Wildman–Crippen LogP) is 4.21. The van der Waals surface area contributed by atoms with Gasteiger partial charge in [-0.15, -0.1) is 0 Å². The molecule has 0 saturated heterocycles. The summed E-state index contributed by atoms with van der Waals surface area (Å²) in [6.07, 6.45) is 1.58. The first-order valence-corrected chi connectivity index (χ1v) is 8.76. The molecular formula is C23H19N3O2. The van der Waals surface area contributed by atoms with Gasteiger partial charge in [-0.3, -0.25) is 4.79 Å². The molecule has 5 heteroatoms. The van der Waals surface area contributed by atoms with Gasteiger partial charge in [0.1, 0.15) is 12.4 Å². The lowest BCUT2D eigenvalue weighted by Crippen LogP contribution is -2.18. The van der Waals surface area contributed by atoms with E-state index in [0.29, 0.717) is 23.5 Å². The van der Waals surface area contributed by atoms with Gasteiger partial charge in [0.15, 0.2) is 0 Å². The lowest BCUT2D eigenvalue weighted by Gasteiger charge is -2.07. The van der Waals surface area contributed by atoms with Crippen molar-refractivity contribution in [1.82, 2.24) is 5.43 Å². The molecule has 0 bridgehead atoms. The van der Waals surface area contributed by atoms with Gasteiger partial charge in [0.2, 0.25) is 0 Å². The number of carbonyl (C=O) groups is 1. The summed E-state index contributed by atoms with van der Waals surface area (Å²) in [7, 11) is 0. The number of aryl methyl sites for hydroxylation is 1. The number of hydrogen-bond acceptors (Lipinski definition) is 4. The minimum Gasteiger partial charge on any atom is -0.489 e. The van der Waals surface area contributed by atoms with E-state index in [2.05, 4.69) is 16.6 Å². The van der Waals surface area contributed by atoms with Crippen molar-refractivity contribution >= 4 is 12.1 Å². The third-order valence-corrected chi connectivity index (χ3v) is 4.11. The molecule has 138 valence electrons. The van der Waals surface area contributed by atoms with Crippen molar-refractivity contribution in [2.75, 3.05) is 0 Å². The zero-order valence-electron chi connectivity index (χ0n) is 15.4. The van der Waals surface area contributed by atoms with Crippen LogP contribution in [-0.4, -0.2) is 12.1 Å². The Morgan fingerprint density at radius 3 is 2.64 bits per heavy atom. The average molecular weight is 369 g/mol. The number of amides is 1. The minimum atomic E-state index is -0.242. The first-order valence-electron chi connectivity index (χ1n) is 8.76. The molecule has 0 aromatic heterocycles. The summed E-state index contributed by atoms with van der Waals surface area (Å²) < 4.78 is 5.74. The molecule has 1 amide bonds. The Bertz CT molecular complexity index is 1030. The first kappa shape index (κ1) is 18.9. The van der Waals surface area contributed by atoms with Crippen LogP contribution in [0.3, 0.4) is 0 Å². The smallest absolute Gasteiger partial charge is 0.271 e. The molecular weight excluding hydrogens is 350 g/mol. The highest BCUT2D eigenvalue weighted by Crippen LogP contribution is 2.14. The largest absolute Gasteiger partial charge is 0.489 e. The number of ether oxygens (including phenoxy) is 1. The number of hydrazone groups is 1. The monoisotopic (exact) mass is 369 g/mol. The molecule has 0 aliphatic rings. The van der Waals surface area contributed by atoms with Crippen LogP contribution in [0.15, 0.2) is 77.9 Å². The molecule has 0 spiro atoms. The Morgan fingerprint density at radius 1 is 1.11 bits per heavy atom. The summed E-state index contributed by atoms with van der Waals surface area (Å²) in [6.45, 7) is 2.27. The Balaban J connectivity index is 1.54. The molecule has 0 aliphatic heterocycles. The van der Waals surface area contributed by atoms with Crippen LogP contribution < -0.4 is 10.2 Å². The predicted molar refractivity (Wildman–Crippen MR) is 108 cm³/mol. The van der Waals surface area contributed by atoms with Crippen LogP contribution >= 0.6 is 0 Å². The van der Waals surface area contributed by atoms with Crippen molar-refractivity contribution < 1.29 is 9.53 Å². The Kier molecular flexibility index (Phi) is 6.17. The van der Waals surface area contributed by atoms with Crippen molar-refractivity contribution in [3.63, 3.8) is 0 Å². The van der Waals surface area contributed by atoms with Gasteiger partial charge < -0.3 is 4.74 Å². The van der Waals surface area contributed by atoms with Gasteiger partial charge >= 0.3 is 0 Å². The van der Waals surface area contributed by atoms with Gasteiger partial charge in [-0.25, -0.2) is 5.43 Å². The van der Waals surface area contributed by atoms with Crippen LogP contribution in [0.2, 0.25) is 0 Å². The molecule has 5 nitrogen and oxygen atoms in total. The van der Waals surface area contributed by atoms with E-state index < -0.39 is 0 Å². The van der Waals surface area contributed by atoms with Crippen LogP contribution in [0.1, 0.15) is 32.6 Å².